The Hall–Kier alpha value is -8.77. The molecule has 0 aliphatic carbocycles. The van der Waals surface area contributed by atoms with E-state index in [1.54, 1.807) is 0 Å². The lowest BCUT2D eigenvalue weighted by Crippen LogP contribution is -2.02. The van der Waals surface area contributed by atoms with Crippen molar-refractivity contribution >= 4 is 53.3 Å². The first-order valence-corrected chi connectivity index (χ1v) is 23.7. The zero-order valence-electron chi connectivity index (χ0n) is 36.8. The average molecular weight is 885 g/mol. The fraction of sp³-hybridized carbons (Fsp3) is 0. The van der Waals surface area contributed by atoms with Gasteiger partial charge in [0, 0.05) is 53.3 Å². The molecular weight excluding hydrogens is 845 g/mol. The van der Waals surface area contributed by atoms with Gasteiger partial charge in [-0.1, -0.05) is 194 Å². The summed E-state index contributed by atoms with van der Waals surface area (Å²) >= 11 is 1.87. The van der Waals surface area contributed by atoms with Crippen LogP contribution in [0.4, 0.5) is 0 Å². The van der Waals surface area contributed by atoms with Gasteiger partial charge in [-0.15, -0.1) is 11.3 Å². The lowest BCUT2D eigenvalue weighted by atomic mass is 9.97. The molecule has 3 heterocycles. The molecule has 0 bridgehead atoms. The summed E-state index contributed by atoms with van der Waals surface area (Å²) in [4.78, 5) is 15.9. The average Bonchev–Trinajstić information content (AvgIpc) is 3.97. The highest BCUT2D eigenvalue weighted by molar-refractivity contribution is 7.26. The normalized spacial score (nSPS) is 11.5. The Kier molecular flexibility index (Phi) is 9.66. The fourth-order valence-electron chi connectivity index (χ4n) is 9.81. The minimum absolute atomic E-state index is 0.603. The molecule has 0 aliphatic heterocycles. The maximum Gasteiger partial charge on any atom is 0.164 e. The van der Waals surface area contributed by atoms with Gasteiger partial charge in [0.25, 0.3) is 0 Å². The quantitative estimate of drug-likeness (QED) is 0.153. The molecule has 0 atom stereocenters. The first-order valence-electron chi connectivity index (χ1n) is 22.9. The van der Waals surface area contributed by atoms with Crippen LogP contribution in [-0.4, -0.2) is 19.5 Å². The molecule has 0 spiro atoms. The van der Waals surface area contributed by atoms with E-state index >= 15 is 0 Å². The second-order valence-electron chi connectivity index (χ2n) is 17.2. The van der Waals surface area contributed by atoms with Crippen LogP contribution in [0, 0.1) is 0 Å². The first-order chi connectivity index (χ1) is 33.7. The lowest BCUT2D eigenvalue weighted by Gasteiger charge is -2.16. The SMILES string of the molecule is c1ccc(-c2cccc(-c3nc(-c4cccc(-c5ccccc5)c4)nc(-c4ccc(-n5c6ccccc6c6ccc(-c7cccc8c7sc7ccccc78)cc65)cc4-c4ccccc4)n3)c2)cc1. The van der Waals surface area contributed by atoms with Gasteiger partial charge in [0.05, 0.1) is 11.0 Å². The topological polar surface area (TPSA) is 43.6 Å². The molecule has 0 unspecified atom stereocenters. The predicted octanol–water partition coefficient (Wildman–Crippen LogP) is 17.0. The van der Waals surface area contributed by atoms with Gasteiger partial charge < -0.3 is 4.57 Å². The zero-order chi connectivity index (χ0) is 45.0. The van der Waals surface area contributed by atoms with Crippen molar-refractivity contribution in [3.05, 3.63) is 243 Å². The number of hydrogen-bond acceptors (Lipinski definition) is 4. The minimum atomic E-state index is 0.603. The smallest absolute Gasteiger partial charge is 0.164 e. The number of thiophene rings is 1. The van der Waals surface area contributed by atoms with E-state index in [4.69, 9.17) is 15.0 Å². The molecule has 0 radical (unpaired) electrons. The Bertz CT molecular complexity index is 3920. The second-order valence-corrected chi connectivity index (χ2v) is 18.2. The maximum atomic E-state index is 5.35. The van der Waals surface area contributed by atoms with Crippen LogP contribution in [0.2, 0.25) is 0 Å². The van der Waals surface area contributed by atoms with Crippen LogP contribution in [0.25, 0.3) is 126 Å². The van der Waals surface area contributed by atoms with Crippen molar-refractivity contribution in [3.8, 4) is 84.4 Å². The molecule has 0 saturated carbocycles. The molecule has 13 rings (SSSR count). The van der Waals surface area contributed by atoms with Crippen LogP contribution in [0.15, 0.2) is 243 Å². The highest BCUT2D eigenvalue weighted by Crippen LogP contribution is 2.43. The summed E-state index contributed by atoms with van der Waals surface area (Å²) in [5.41, 5.74) is 15.1. The van der Waals surface area contributed by atoms with Crippen molar-refractivity contribution in [2.75, 3.05) is 0 Å². The number of benzene rings is 10. The molecular formula is C63H40N4S. The summed E-state index contributed by atoms with van der Waals surface area (Å²) in [7, 11) is 0. The molecule has 0 saturated heterocycles. The van der Waals surface area contributed by atoms with Crippen molar-refractivity contribution < 1.29 is 0 Å². The fourth-order valence-corrected chi connectivity index (χ4v) is 11.0. The van der Waals surface area contributed by atoms with Crippen molar-refractivity contribution in [1.29, 1.82) is 0 Å². The van der Waals surface area contributed by atoms with Gasteiger partial charge in [0.15, 0.2) is 17.5 Å². The molecule has 4 nitrogen and oxygen atoms in total. The van der Waals surface area contributed by atoms with Crippen LogP contribution >= 0.6 is 11.3 Å². The van der Waals surface area contributed by atoms with Crippen LogP contribution in [0.3, 0.4) is 0 Å². The van der Waals surface area contributed by atoms with Crippen LogP contribution < -0.4 is 0 Å². The Morgan fingerprint density at radius 2 is 0.809 bits per heavy atom. The summed E-state index contributed by atoms with van der Waals surface area (Å²) in [6.45, 7) is 0. The molecule has 0 amide bonds. The van der Waals surface area contributed by atoms with Crippen LogP contribution in [0.1, 0.15) is 0 Å². The predicted molar refractivity (Wildman–Crippen MR) is 285 cm³/mol. The summed E-state index contributed by atoms with van der Waals surface area (Å²) in [6, 6.07) is 86.4. The number of nitrogens with zero attached hydrogens (tertiary/aromatic N) is 4. The molecule has 0 fully saturated rings. The second kappa shape index (κ2) is 16.6. The van der Waals surface area contributed by atoms with Gasteiger partial charge in [0.2, 0.25) is 0 Å². The zero-order valence-corrected chi connectivity index (χ0v) is 37.6. The Balaban J connectivity index is 1.01. The highest BCUT2D eigenvalue weighted by atomic mass is 32.1. The standard InChI is InChI=1S/C63H40N4S/c1-4-17-41(18-5-1)44-23-14-25-47(37-44)61-64-62(48-26-15-24-45(38-48)42-19-6-2-7-20-42)66-63(65-61)55-36-34-49(40-56(55)43-21-8-3-9-22-43)67-57-31-12-10-27-51(57)52-35-33-46(39-58(52)67)50-29-16-30-54-53-28-11-13-32-59(53)68-60(50)54/h1-40H. The third-order valence-electron chi connectivity index (χ3n) is 13.1. The molecule has 0 N–H and O–H groups in total. The number of fused-ring (bicyclic) bond motifs is 6. The van der Waals surface area contributed by atoms with Crippen LogP contribution in [0.5, 0.6) is 0 Å². The minimum Gasteiger partial charge on any atom is -0.309 e. The van der Waals surface area contributed by atoms with Crippen molar-refractivity contribution in [2.45, 2.75) is 0 Å². The monoisotopic (exact) mass is 884 g/mol. The van der Waals surface area contributed by atoms with Gasteiger partial charge >= 0.3 is 0 Å². The molecule has 68 heavy (non-hydrogen) atoms. The molecule has 10 aromatic carbocycles. The molecule has 0 aliphatic rings. The van der Waals surface area contributed by atoms with E-state index in [1.807, 2.05) is 23.5 Å². The third kappa shape index (κ3) is 6.96. The van der Waals surface area contributed by atoms with Gasteiger partial charge in [-0.25, -0.2) is 15.0 Å². The van der Waals surface area contributed by atoms with E-state index in [-0.39, 0.29) is 0 Å². The lowest BCUT2D eigenvalue weighted by molar-refractivity contribution is 1.07. The van der Waals surface area contributed by atoms with E-state index < -0.39 is 0 Å². The summed E-state index contributed by atoms with van der Waals surface area (Å²) in [5.74, 6) is 1.82. The Morgan fingerprint density at radius 1 is 0.279 bits per heavy atom. The summed E-state index contributed by atoms with van der Waals surface area (Å²) < 4.78 is 5.03. The van der Waals surface area contributed by atoms with Gasteiger partial charge in [0.1, 0.15) is 0 Å². The van der Waals surface area contributed by atoms with E-state index in [9.17, 15) is 0 Å². The van der Waals surface area contributed by atoms with Crippen LogP contribution in [-0.2, 0) is 0 Å². The molecule has 318 valence electrons. The summed E-state index contributed by atoms with van der Waals surface area (Å²) in [6.07, 6.45) is 0. The number of rotatable bonds is 8. The molecule has 13 aromatic rings. The maximum absolute atomic E-state index is 5.35. The van der Waals surface area contributed by atoms with E-state index in [0.717, 1.165) is 66.8 Å². The van der Waals surface area contributed by atoms with Crippen molar-refractivity contribution in [1.82, 2.24) is 19.5 Å². The van der Waals surface area contributed by atoms with E-state index in [2.05, 4.69) is 235 Å². The van der Waals surface area contributed by atoms with Gasteiger partial charge in [-0.2, -0.15) is 0 Å². The van der Waals surface area contributed by atoms with Gasteiger partial charge in [-0.3, -0.25) is 0 Å². The highest BCUT2D eigenvalue weighted by Gasteiger charge is 2.20. The summed E-state index contributed by atoms with van der Waals surface area (Å²) in [5, 5.41) is 5.02. The van der Waals surface area contributed by atoms with E-state index in [0.29, 0.717) is 17.5 Å². The third-order valence-corrected chi connectivity index (χ3v) is 14.3. The molecule has 5 heteroatoms. The first kappa shape index (κ1) is 39.6. The van der Waals surface area contributed by atoms with E-state index in [1.165, 1.54) is 42.1 Å². The molecule has 3 aromatic heterocycles. The van der Waals surface area contributed by atoms with Gasteiger partial charge in [-0.05, 0) is 93.0 Å². The van der Waals surface area contributed by atoms with Crippen molar-refractivity contribution in [2.24, 2.45) is 0 Å². The number of aromatic nitrogens is 4. The van der Waals surface area contributed by atoms with Crippen molar-refractivity contribution in [3.63, 3.8) is 0 Å². The number of hydrogen-bond donors (Lipinski definition) is 0. The largest absolute Gasteiger partial charge is 0.309 e. The Morgan fingerprint density at radius 3 is 1.50 bits per heavy atom. The number of para-hydroxylation sites is 1. The Labute approximate surface area is 397 Å².